The molecule has 2 aromatic carbocycles. The van der Waals surface area contributed by atoms with Crippen molar-refractivity contribution in [2.75, 3.05) is 6.54 Å². The van der Waals surface area contributed by atoms with Crippen LogP contribution in [0.3, 0.4) is 0 Å². The van der Waals surface area contributed by atoms with E-state index in [4.69, 9.17) is 0 Å². The van der Waals surface area contributed by atoms with Crippen LogP contribution in [-0.4, -0.2) is 29.4 Å². The van der Waals surface area contributed by atoms with Crippen molar-refractivity contribution in [1.82, 2.24) is 14.3 Å². The van der Waals surface area contributed by atoms with Crippen molar-refractivity contribution in [1.29, 1.82) is 0 Å². The van der Waals surface area contributed by atoms with E-state index in [0.717, 1.165) is 16.7 Å². The normalized spacial score (nSPS) is 13.1. The zero-order valence-electron chi connectivity index (χ0n) is 14.6. The Kier molecular flexibility index (Phi) is 5.38. The fraction of sp³-hybridized carbons (Fsp3) is 0.235. The molecule has 11 heteroatoms. The van der Waals surface area contributed by atoms with Gasteiger partial charge in [-0.05, 0) is 18.2 Å². The topological polar surface area (TPSA) is 107 Å². The Morgan fingerprint density at radius 2 is 1.82 bits per heavy atom. The minimum atomic E-state index is -4.22. The van der Waals surface area contributed by atoms with Gasteiger partial charge in [-0.15, -0.1) is 0 Å². The molecule has 0 unspecified atom stereocenters. The van der Waals surface area contributed by atoms with Crippen LogP contribution in [0.5, 0.6) is 0 Å². The highest BCUT2D eigenvalue weighted by Crippen LogP contribution is 2.28. The van der Waals surface area contributed by atoms with Gasteiger partial charge in [0.15, 0.2) is 4.90 Å². The maximum Gasteiger partial charge on any atom is 0.320 e. The molecule has 0 bridgehead atoms. The van der Waals surface area contributed by atoms with Crippen molar-refractivity contribution >= 4 is 26.7 Å². The number of hydrogen-bond donors (Lipinski definition) is 1. The van der Waals surface area contributed by atoms with Gasteiger partial charge >= 0.3 is 6.55 Å². The van der Waals surface area contributed by atoms with Crippen LogP contribution < -0.4 is 4.72 Å². The second kappa shape index (κ2) is 7.60. The standard InChI is InChI=1S/C17H16F2N4O4S/c1-11(16-21-12-6-2-3-7-13(12)22(16)17(18)19)10-20-28(26,27)15-9-5-4-8-14(15)23(24)25/h2-9,11,17,20H,10H2,1H3/t11-/m0/s1. The van der Waals surface area contributed by atoms with E-state index in [-0.39, 0.29) is 17.9 Å². The third kappa shape index (κ3) is 3.71. The Morgan fingerprint density at radius 1 is 1.18 bits per heavy atom. The van der Waals surface area contributed by atoms with Crippen LogP contribution in [0.15, 0.2) is 53.4 Å². The molecule has 0 saturated heterocycles. The molecule has 0 aliphatic heterocycles. The number of para-hydroxylation sites is 3. The first-order valence-corrected chi connectivity index (χ1v) is 9.69. The predicted molar refractivity (Wildman–Crippen MR) is 97.7 cm³/mol. The van der Waals surface area contributed by atoms with Crippen LogP contribution in [0.2, 0.25) is 0 Å². The highest BCUT2D eigenvalue weighted by atomic mass is 32.2. The Hall–Kier alpha value is -2.92. The van der Waals surface area contributed by atoms with Gasteiger partial charge in [-0.1, -0.05) is 31.2 Å². The van der Waals surface area contributed by atoms with Crippen LogP contribution >= 0.6 is 0 Å². The maximum atomic E-state index is 13.5. The number of benzene rings is 2. The number of nitro benzene ring substituents is 1. The molecule has 0 spiro atoms. The Labute approximate surface area is 159 Å². The van der Waals surface area contributed by atoms with Gasteiger partial charge in [-0.2, -0.15) is 8.78 Å². The van der Waals surface area contributed by atoms with E-state index in [1.165, 1.54) is 18.2 Å². The Bertz CT molecular complexity index is 1130. The van der Waals surface area contributed by atoms with E-state index in [0.29, 0.717) is 5.52 Å². The lowest BCUT2D eigenvalue weighted by Crippen LogP contribution is -2.29. The summed E-state index contributed by atoms with van der Waals surface area (Å²) in [7, 11) is -4.22. The highest BCUT2D eigenvalue weighted by Gasteiger charge is 2.27. The number of imidazole rings is 1. The molecular formula is C17H16F2N4O4S. The molecule has 1 aromatic heterocycles. The van der Waals surface area contributed by atoms with Crippen molar-refractivity contribution in [2.24, 2.45) is 0 Å². The molecule has 1 atom stereocenters. The fourth-order valence-electron chi connectivity index (χ4n) is 2.85. The lowest BCUT2D eigenvalue weighted by atomic mass is 10.2. The number of hydrogen-bond acceptors (Lipinski definition) is 5. The number of sulfonamides is 1. The average Bonchev–Trinajstić information content (AvgIpc) is 3.06. The summed E-state index contributed by atoms with van der Waals surface area (Å²) >= 11 is 0. The van der Waals surface area contributed by atoms with Gasteiger partial charge in [0, 0.05) is 18.5 Å². The molecule has 148 valence electrons. The molecule has 28 heavy (non-hydrogen) atoms. The second-order valence-electron chi connectivity index (χ2n) is 6.08. The van der Waals surface area contributed by atoms with E-state index in [1.54, 1.807) is 25.1 Å². The van der Waals surface area contributed by atoms with E-state index in [1.807, 2.05) is 0 Å². The van der Waals surface area contributed by atoms with Gasteiger partial charge < -0.3 is 0 Å². The molecule has 0 fully saturated rings. The number of nitro groups is 1. The third-order valence-electron chi connectivity index (χ3n) is 4.19. The van der Waals surface area contributed by atoms with Crippen molar-refractivity contribution in [3.05, 3.63) is 64.5 Å². The molecular weight excluding hydrogens is 394 g/mol. The van der Waals surface area contributed by atoms with Crippen molar-refractivity contribution in [3.8, 4) is 0 Å². The first-order valence-electron chi connectivity index (χ1n) is 8.20. The summed E-state index contributed by atoms with van der Waals surface area (Å²) in [5, 5.41) is 11.1. The molecule has 0 aliphatic carbocycles. The van der Waals surface area contributed by atoms with Crippen molar-refractivity contribution in [2.45, 2.75) is 24.3 Å². The zero-order valence-corrected chi connectivity index (χ0v) is 15.4. The molecule has 3 aromatic rings. The van der Waals surface area contributed by atoms with Crippen molar-refractivity contribution in [3.63, 3.8) is 0 Å². The van der Waals surface area contributed by atoms with E-state index in [2.05, 4.69) is 9.71 Å². The average molecular weight is 410 g/mol. The molecule has 0 amide bonds. The fourth-order valence-corrected chi connectivity index (χ4v) is 4.16. The number of fused-ring (bicyclic) bond motifs is 1. The SMILES string of the molecule is C[C@@H](CNS(=O)(=O)c1ccccc1[N+](=O)[O-])c1nc2ccccc2n1C(F)F. The van der Waals surface area contributed by atoms with Crippen molar-refractivity contribution < 1.29 is 22.1 Å². The predicted octanol–water partition coefficient (Wildman–Crippen LogP) is 3.42. The van der Waals surface area contributed by atoms with Gasteiger partial charge in [0.25, 0.3) is 5.69 Å². The minimum absolute atomic E-state index is 0.0152. The molecule has 3 rings (SSSR count). The number of nitrogens with zero attached hydrogens (tertiary/aromatic N) is 3. The largest absolute Gasteiger partial charge is 0.320 e. The summed E-state index contributed by atoms with van der Waals surface area (Å²) < 4.78 is 55.1. The van der Waals surface area contributed by atoms with Crippen LogP contribution in [0, 0.1) is 10.1 Å². The number of nitrogens with one attached hydrogen (secondary N) is 1. The number of alkyl halides is 2. The van der Waals surface area contributed by atoms with Crippen LogP contribution in [0.4, 0.5) is 14.5 Å². The molecule has 1 N–H and O–H groups in total. The van der Waals surface area contributed by atoms with Gasteiger partial charge in [-0.3, -0.25) is 14.7 Å². The number of aromatic nitrogens is 2. The van der Waals surface area contributed by atoms with Crippen LogP contribution in [0.1, 0.15) is 25.2 Å². The van der Waals surface area contributed by atoms with Gasteiger partial charge in [0.1, 0.15) is 5.82 Å². The summed E-state index contributed by atoms with van der Waals surface area (Å²) in [6.45, 7) is -1.57. The molecule has 0 aliphatic rings. The molecule has 8 nitrogen and oxygen atoms in total. The minimum Gasteiger partial charge on any atom is -0.270 e. The van der Waals surface area contributed by atoms with Crippen LogP contribution in [0.25, 0.3) is 11.0 Å². The smallest absolute Gasteiger partial charge is 0.270 e. The van der Waals surface area contributed by atoms with Gasteiger partial charge in [0.2, 0.25) is 10.0 Å². The van der Waals surface area contributed by atoms with Gasteiger partial charge in [-0.25, -0.2) is 18.1 Å². The number of rotatable bonds is 7. The summed E-state index contributed by atoms with van der Waals surface area (Å²) in [4.78, 5) is 14.0. The summed E-state index contributed by atoms with van der Waals surface area (Å²) in [6, 6.07) is 11.3. The Balaban J connectivity index is 1.89. The third-order valence-corrected chi connectivity index (χ3v) is 5.66. The lowest BCUT2D eigenvalue weighted by Gasteiger charge is -2.15. The van der Waals surface area contributed by atoms with E-state index >= 15 is 0 Å². The monoisotopic (exact) mass is 410 g/mol. The quantitative estimate of drug-likeness (QED) is 0.474. The maximum absolute atomic E-state index is 13.5. The zero-order chi connectivity index (χ0) is 20.5. The molecule has 1 heterocycles. The first-order chi connectivity index (χ1) is 13.2. The van der Waals surface area contributed by atoms with Crippen LogP contribution in [-0.2, 0) is 10.0 Å². The van der Waals surface area contributed by atoms with E-state index < -0.39 is 38.0 Å². The molecule has 0 radical (unpaired) electrons. The summed E-state index contributed by atoms with van der Waals surface area (Å²) in [6.07, 6.45) is 0. The second-order valence-corrected chi connectivity index (χ2v) is 7.82. The van der Waals surface area contributed by atoms with E-state index in [9.17, 15) is 27.3 Å². The molecule has 0 saturated carbocycles. The lowest BCUT2D eigenvalue weighted by molar-refractivity contribution is -0.387. The summed E-state index contributed by atoms with van der Waals surface area (Å²) in [5.41, 5.74) is 0.0366. The Morgan fingerprint density at radius 3 is 2.50 bits per heavy atom. The highest BCUT2D eigenvalue weighted by molar-refractivity contribution is 7.89. The number of halogens is 2. The summed E-state index contributed by atoms with van der Waals surface area (Å²) in [5.74, 6) is -0.694. The first kappa shape index (κ1) is 19.8. The van der Waals surface area contributed by atoms with Gasteiger partial charge in [0.05, 0.1) is 16.0 Å².